The van der Waals surface area contributed by atoms with Crippen molar-refractivity contribution in [2.45, 2.75) is 75.3 Å². The number of hydrogen-bond acceptors (Lipinski definition) is 6. The summed E-state index contributed by atoms with van der Waals surface area (Å²) in [6, 6.07) is 14.8. The average molecular weight is 656 g/mol. The topological polar surface area (TPSA) is 130 Å². The van der Waals surface area contributed by atoms with E-state index in [-0.39, 0.29) is 18.7 Å². The largest absolute Gasteiger partial charge is 0.598 e. The van der Waals surface area contributed by atoms with Gasteiger partial charge in [0.25, 0.3) is 0 Å². The molecule has 45 heavy (non-hydrogen) atoms. The van der Waals surface area contributed by atoms with Gasteiger partial charge in [0.2, 0.25) is 5.91 Å². The lowest BCUT2D eigenvalue weighted by Crippen LogP contribution is -2.52. The molecule has 2 aliphatic rings. The van der Waals surface area contributed by atoms with Crippen LogP contribution in [0.25, 0.3) is 0 Å². The Bertz CT molecular complexity index is 1510. The van der Waals surface area contributed by atoms with Crippen molar-refractivity contribution in [3.63, 3.8) is 0 Å². The third kappa shape index (κ3) is 7.96. The van der Waals surface area contributed by atoms with Crippen LogP contribution in [-0.2, 0) is 21.7 Å². The Balaban J connectivity index is 1.45. The number of halogens is 2. The third-order valence-electron chi connectivity index (χ3n) is 8.20. The maximum atomic E-state index is 15.4. The van der Waals surface area contributed by atoms with Crippen LogP contribution >= 0.6 is 11.6 Å². The van der Waals surface area contributed by atoms with Crippen molar-refractivity contribution in [1.82, 2.24) is 14.6 Å². The minimum atomic E-state index is -1.52. The van der Waals surface area contributed by atoms with Gasteiger partial charge in [-0.05, 0) is 93.6 Å². The fourth-order valence-corrected chi connectivity index (χ4v) is 6.53. The zero-order valence-electron chi connectivity index (χ0n) is 25.6. The second-order valence-corrected chi connectivity index (χ2v) is 15.2. The Kier molecular flexibility index (Phi) is 10.0. The van der Waals surface area contributed by atoms with Gasteiger partial charge >= 0.3 is 6.03 Å². The average Bonchev–Trinajstić information content (AvgIpc) is 3.75. The minimum absolute atomic E-state index is 0.00738. The molecule has 2 aromatic carbocycles. The van der Waals surface area contributed by atoms with Crippen LogP contribution in [-0.4, -0.2) is 54.9 Å². The van der Waals surface area contributed by atoms with E-state index in [2.05, 4.69) is 20.3 Å². The number of benzene rings is 2. The quantitative estimate of drug-likeness (QED) is 0.199. The van der Waals surface area contributed by atoms with Crippen LogP contribution in [0.4, 0.5) is 20.6 Å². The maximum absolute atomic E-state index is 15.4. The van der Waals surface area contributed by atoms with Crippen LogP contribution < -0.4 is 15.4 Å². The molecule has 3 aromatic rings. The zero-order chi connectivity index (χ0) is 32.4. The molecule has 0 spiro atoms. The standard InChI is InChI=1S/C33H39ClFN5O4S/c1-32(2,3)45(44)39-33(16-15-21-7-8-21,29-6-4-5-17-36-29)22-9-14-26(35)27(18-22)38-30(42)28-19-25(41)20-40(28)31(43)37-24-12-10-23(34)11-13-24/h4-6,9-14,17-18,21,25,28,39,41H,7-8,15-16,19-20H2,1-3H3,(H,37,43)(H,38,42)/t25-,28-,33?,45?/m1/s1. The summed E-state index contributed by atoms with van der Waals surface area (Å²) in [4.78, 5) is 32.6. The lowest BCUT2D eigenvalue weighted by atomic mass is 9.82. The van der Waals surface area contributed by atoms with Crippen molar-refractivity contribution in [3.8, 4) is 0 Å². The molecular weight excluding hydrogens is 617 g/mol. The molecule has 1 saturated heterocycles. The molecule has 2 fully saturated rings. The highest BCUT2D eigenvalue weighted by Gasteiger charge is 2.45. The van der Waals surface area contributed by atoms with E-state index in [1.54, 1.807) is 48.7 Å². The van der Waals surface area contributed by atoms with Gasteiger partial charge in [-0.3, -0.25) is 9.78 Å². The molecule has 0 radical (unpaired) electrons. The Morgan fingerprint density at radius 3 is 2.49 bits per heavy atom. The number of nitrogens with one attached hydrogen (secondary N) is 3. The van der Waals surface area contributed by atoms with Gasteiger partial charge in [-0.2, -0.15) is 0 Å². The first kappa shape index (κ1) is 33.2. The fraction of sp³-hybridized carbons (Fsp3) is 0.424. The van der Waals surface area contributed by atoms with Crippen molar-refractivity contribution in [3.05, 3.63) is 89.0 Å². The molecule has 3 amide bonds. The highest BCUT2D eigenvalue weighted by Crippen LogP contribution is 2.42. The third-order valence-corrected chi connectivity index (χ3v) is 10.1. The lowest BCUT2D eigenvalue weighted by molar-refractivity contribution is -0.119. The number of carbonyl (C=O) groups is 2. The van der Waals surface area contributed by atoms with E-state index in [1.165, 1.54) is 11.0 Å². The van der Waals surface area contributed by atoms with Crippen LogP contribution in [0.5, 0.6) is 0 Å². The Hall–Kier alpha value is -3.22. The zero-order valence-corrected chi connectivity index (χ0v) is 27.1. The van der Waals surface area contributed by atoms with E-state index in [4.69, 9.17) is 11.6 Å². The van der Waals surface area contributed by atoms with Crippen molar-refractivity contribution < 1.29 is 23.6 Å². The predicted molar refractivity (Wildman–Crippen MR) is 175 cm³/mol. The number of β-amino-alcohol motifs (C(OH)–C–C–N with tert-alkyl or cyclic N) is 1. The fourth-order valence-electron chi connectivity index (χ4n) is 5.45. The SMILES string of the molecule is CC(C)(C)[S+]([O-])NC(CCC1CC1)(c1ccc(F)c(NC(=O)[C@H]2C[C@@H](O)CN2C(=O)Nc2ccc(Cl)cc2)c1)c1ccccn1. The summed E-state index contributed by atoms with van der Waals surface area (Å²) in [5.41, 5.74) is 0.576. The number of aliphatic hydroxyl groups is 1. The van der Waals surface area contributed by atoms with Crippen LogP contribution in [0.1, 0.15) is 64.1 Å². The number of nitrogens with zero attached hydrogens (tertiary/aromatic N) is 2. The molecular formula is C33H39ClFN5O4S. The van der Waals surface area contributed by atoms with E-state index in [1.807, 2.05) is 32.9 Å². The molecule has 2 heterocycles. The predicted octanol–water partition coefficient (Wildman–Crippen LogP) is 5.97. The van der Waals surface area contributed by atoms with Gasteiger partial charge in [-0.15, -0.1) is 4.72 Å². The maximum Gasteiger partial charge on any atom is 0.322 e. The number of aliphatic hydroxyl groups excluding tert-OH is 1. The van der Waals surface area contributed by atoms with E-state index < -0.39 is 51.5 Å². The van der Waals surface area contributed by atoms with Crippen LogP contribution in [0.15, 0.2) is 66.9 Å². The number of anilines is 2. The van der Waals surface area contributed by atoms with Gasteiger partial charge in [-0.1, -0.05) is 36.6 Å². The molecule has 5 rings (SSSR count). The van der Waals surface area contributed by atoms with E-state index in [0.717, 1.165) is 19.3 Å². The van der Waals surface area contributed by atoms with Gasteiger partial charge in [0, 0.05) is 41.2 Å². The number of likely N-dealkylation sites (tertiary alicyclic amines) is 1. The van der Waals surface area contributed by atoms with Crippen molar-refractivity contribution >= 4 is 46.3 Å². The smallest absolute Gasteiger partial charge is 0.322 e. The summed E-state index contributed by atoms with van der Waals surface area (Å²) in [6.45, 7) is 5.57. The van der Waals surface area contributed by atoms with Crippen LogP contribution in [0.2, 0.25) is 5.02 Å². The molecule has 9 nitrogen and oxygen atoms in total. The number of hydrogen-bond donors (Lipinski definition) is 4. The Morgan fingerprint density at radius 1 is 1.11 bits per heavy atom. The lowest BCUT2D eigenvalue weighted by Gasteiger charge is -2.38. The minimum Gasteiger partial charge on any atom is -0.598 e. The van der Waals surface area contributed by atoms with Gasteiger partial charge in [-0.25, -0.2) is 9.18 Å². The van der Waals surface area contributed by atoms with Gasteiger partial charge < -0.3 is 25.2 Å². The summed E-state index contributed by atoms with van der Waals surface area (Å²) in [6.07, 6.45) is 4.40. The number of rotatable bonds is 10. The Morgan fingerprint density at radius 2 is 1.84 bits per heavy atom. The first-order valence-electron chi connectivity index (χ1n) is 15.1. The summed E-state index contributed by atoms with van der Waals surface area (Å²) >= 11 is 4.42. The second-order valence-electron chi connectivity index (χ2n) is 12.8. The second kappa shape index (κ2) is 13.6. The van der Waals surface area contributed by atoms with Crippen LogP contribution in [0, 0.1) is 11.7 Å². The first-order valence-corrected chi connectivity index (χ1v) is 16.6. The number of carbonyl (C=O) groups excluding carboxylic acids is 2. The van der Waals surface area contributed by atoms with E-state index in [0.29, 0.717) is 34.3 Å². The number of pyridine rings is 1. The molecule has 1 aromatic heterocycles. The monoisotopic (exact) mass is 655 g/mol. The van der Waals surface area contributed by atoms with Crippen molar-refractivity contribution in [1.29, 1.82) is 0 Å². The molecule has 4 atom stereocenters. The molecule has 1 saturated carbocycles. The summed E-state index contributed by atoms with van der Waals surface area (Å²) in [7, 11) is 0. The summed E-state index contributed by atoms with van der Waals surface area (Å²) in [5, 5.41) is 16.3. The number of urea groups is 1. The molecule has 1 aliphatic heterocycles. The van der Waals surface area contributed by atoms with Gasteiger partial charge in [0.05, 0.1) is 17.5 Å². The molecule has 4 N–H and O–H groups in total. The number of aromatic nitrogens is 1. The van der Waals surface area contributed by atoms with Crippen LogP contribution in [0.3, 0.4) is 0 Å². The molecule has 0 bridgehead atoms. The van der Waals surface area contributed by atoms with Gasteiger partial charge in [0.15, 0.2) is 0 Å². The first-order chi connectivity index (χ1) is 21.4. The van der Waals surface area contributed by atoms with Gasteiger partial charge in [0.1, 0.15) is 22.1 Å². The normalized spacial score (nSPS) is 20.4. The molecule has 1 aliphatic carbocycles. The van der Waals surface area contributed by atoms with Crippen molar-refractivity contribution in [2.75, 3.05) is 17.2 Å². The molecule has 240 valence electrons. The number of amides is 3. The Labute approximate surface area is 271 Å². The van der Waals surface area contributed by atoms with E-state index in [9.17, 15) is 19.2 Å². The molecule has 12 heteroatoms. The molecule has 2 unspecified atom stereocenters. The van der Waals surface area contributed by atoms with E-state index >= 15 is 4.39 Å². The summed E-state index contributed by atoms with van der Waals surface area (Å²) in [5.74, 6) is -0.755. The van der Waals surface area contributed by atoms with Crippen molar-refractivity contribution in [2.24, 2.45) is 5.92 Å². The summed E-state index contributed by atoms with van der Waals surface area (Å²) < 4.78 is 31.8. The highest BCUT2D eigenvalue weighted by molar-refractivity contribution is 7.90. The highest BCUT2D eigenvalue weighted by atomic mass is 35.5.